The highest BCUT2D eigenvalue weighted by atomic mass is 35.7. The van der Waals surface area contributed by atoms with Gasteiger partial charge in [-0.05, 0) is 24.3 Å². The van der Waals surface area contributed by atoms with Gasteiger partial charge in [0, 0.05) is 16.6 Å². The van der Waals surface area contributed by atoms with Crippen LogP contribution in [-0.2, 0) is 14.1 Å². The molecule has 130 valence electrons. The van der Waals surface area contributed by atoms with E-state index in [4.69, 9.17) is 20.5 Å². The molecule has 24 heavy (non-hydrogen) atoms. The average Bonchev–Trinajstić information content (AvgIpc) is 2.52. The summed E-state index contributed by atoms with van der Waals surface area (Å²) in [6.07, 6.45) is 0. The first-order valence-corrected chi connectivity index (χ1v) is 10.2. The zero-order valence-corrected chi connectivity index (χ0v) is 15.5. The third-order valence-corrected chi connectivity index (χ3v) is 4.85. The predicted octanol–water partition coefficient (Wildman–Crippen LogP) is 4.74. The molecule has 0 heterocycles. The van der Waals surface area contributed by atoms with Crippen molar-refractivity contribution in [1.82, 2.24) is 5.09 Å². The number of nitrogens with one attached hydrogen (secondary N) is 1. The molecule has 0 saturated heterocycles. The van der Waals surface area contributed by atoms with Gasteiger partial charge < -0.3 is 9.26 Å². The maximum Gasteiger partial charge on any atom is 0.409 e. The monoisotopic (exact) mass is 369 g/mol. The number of benzene rings is 2. The smallest absolute Gasteiger partial charge is 0.409 e. The lowest BCUT2D eigenvalue weighted by Crippen LogP contribution is -2.34. The van der Waals surface area contributed by atoms with Crippen LogP contribution < -0.4 is 9.61 Å². The quantitative estimate of drug-likeness (QED) is 0.564. The van der Waals surface area contributed by atoms with E-state index in [9.17, 15) is 9.36 Å². The summed E-state index contributed by atoms with van der Waals surface area (Å²) in [6.45, 7) is 1.93. The highest BCUT2D eigenvalue weighted by Gasteiger charge is 2.28. The van der Waals surface area contributed by atoms with E-state index in [2.05, 4.69) is 5.09 Å². The number of esters is 1. The summed E-state index contributed by atoms with van der Waals surface area (Å²) in [5.74, 6) is 0.0867. The molecule has 0 aliphatic heterocycles. The predicted molar refractivity (Wildman–Crippen MR) is 96.4 cm³/mol. The van der Waals surface area contributed by atoms with E-state index in [0.29, 0.717) is 12.4 Å². The van der Waals surface area contributed by atoms with Crippen molar-refractivity contribution in [3.05, 3.63) is 42.5 Å². The topological polar surface area (TPSA) is 64.6 Å². The number of carbonyl (C=O) groups is 1. The standard InChI is InChI=1S/C17H21ClNO4P/c1-12(2)11-22-17(20)13(3)19-24(18,21)23-16-10-6-8-14-7-4-5-9-15(14)16/h4-10,12-13H,11H2,1-3H3,(H,19,21). The van der Waals surface area contributed by atoms with E-state index in [1.807, 2.05) is 44.2 Å². The molecular weight excluding hydrogens is 349 g/mol. The van der Waals surface area contributed by atoms with Gasteiger partial charge in [0.05, 0.1) is 6.61 Å². The van der Waals surface area contributed by atoms with Gasteiger partial charge in [0.25, 0.3) is 0 Å². The third kappa shape index (κ3) is 5.23. The lowest BCUT2D eigenvalue weighted by atomic mass is 10.1. The Morgan fingerprint density at radius 3 is 2.54 bits per heavy atom. The minimum absolute atomic E-state index is 0.218. The second kappa shape index (κ2) is 8.02. The Kier molecular flexibility index (Phi) is 6.27. The zero-order valence-electron chi connectivity index (χ0n) is 13.9. The fourth-order valence-electron chi connectivity index (χ4n) is 2.09. The van der Waals surface area contributed by atoms with Gasteiger partial charge in [-0.15, -0.1) is 0 Å². The fourth-order valence-corrected chi connectivity index (χ4v) is 3.78. The molecule has 0 spiro atoms. The normalized spacial score (nSPS) is 15.0. The molecule has 0 aliphatic carbocycles. The van der Waals surface area contributed by atoms with Gasteiger partial charge in [-0.1, -0.05) is 50.2 Å². The van der Waals surface area contributed by atoms with Gasteiger partial charge >= 0.3 is 12.8 Å². The van der Waals surface area contributed by atoms with E-state index >= 15 is 0 Å². The van der Waals surface area contributed by atoms with Gasteiger partial charge in [-0.2, -0.15) is 0 Å². The van der Waals surface area contributed by atoms with Gasteiger partial charge in [0.15, 0.2) is 0 Å². The minimum atomic E-state index is -3.75. The molecule has 2 aromatic rings. The van der Waals surface area contributed by atoms with Crippen molar-refractivity contribution in [2.75, 3.05) is 6.61 Å². The van der Waals surface area contributed by atoms with E-state index < -0.39 is 18.9 Å². The van der Waals surface area contributed by atoms with Crippen LogP contribution in [0.2, 0.25) is 0 Å². The molecule has 0 aromatic heterocycles. The highest BCUT2D eigenvalue weighted by molar-refractivity contribution is 7.84. The molecule has 7 heteroatoms. The van der Waals surface area contributed by atoms with E-state index in [0.717, 1.165) is 10.8 Å². The van der Waals surface area contributed by atoms with E-state index in [1.54, 1.807) is 12.1 Å². The molecule has 0 radical (unpaired) electrons. The van der Waals surface area contributed by atoms with E-state index in [-0.39, 0.29) is 5.92 Å². The van der Waals surface area contributed by atoms with Crippen molar-refractivity contribution in [2.24, 2.45) is 5.92 Å². The van der Waals surface area contributed by atoms with Crippen molar-refractivity contribution in [3.63, 3.8) is 0 Å². The van der Waals surface area contributed by atoms with Crippen LogP contribution in [0.1, 0.15) is 20.8 Å². The first-order valence-electron chi connectivity index (χ1n) is 7.70. The summed E-state index contributed by atoms with van der Waals surface area (Å²) in [7, 11) is 0. The number of ether oxygens (including phenoxy) is 1. The SMILES string of the molecule is CC(C)COC(=O)C(C)NP(=O)(Cl)Oc1cccc2ccccc12. The second-order valence-corrected chi connectivity index (χ2v) is 8.66. The van der Waals surface area contributed by atoms with Crippen molar-refractivity contribution in [2.45, 2.75) is 26.8 Å². The third-order valence-electron chi connectivity index (χ3n) is 3.23. The zero-order chi connectivity index (χ0) is 17.7. The Balaban J connectivity index is 2.07. The molecule has 0 aliphatic rings. The van der Waals surface area contributed by atoms with E-state index in [1.165, 1.54) is 6.92 Å². The Morgan fingerprint density at radius 2 is 1.83 bits per heavy atom. The lowest BCUT2D eigenvalue weighted by molar-refractivity contribution is -0.146. The molecule has 5 nitrogen and oxygen atoms in total. The van der Waals surface area contributed by atoms with Crippen LogP contribution in [0, 0.1) is 5.92 Å². The Hall–Kier alpha value is -1.55. The molecular formula is C17H21ClNO4P. The van der Waals surface area contributed by atoms with Gasteiger partial charge in [-0.3, -0.25) is 4.79 Å². The molecule has 2 aromatic carbocycles. The van der Waals surface area contributed by atoms with Crippen LogP contribution >= 0.6 is 18.1 Å². The van der Waals surface area contributed by atoms with Gasteiger partial charge in [0.1, 0.15) is 11.8 Å². The number of rotatable bonds is 7. The Labute approximate surface area is 146 Å². The van der Waals surface area contributed by atoms with Crippen molar-refractivity contribution < 1.29 is 18.6 Å². The summed E-state index contributed by atoms with van der Waals surface area (Å²) in [6, 6.07) is 12.1. The van der Waals surface area contributed by atoms with Crippen LogP contribution in [0.25, 0.3) is 10.8 Å². The molecule has 0 saturated carbocycles. The summed E-state index contributed by atoms with van der Waals surface area (Å²) in [5.41, 5.74) is 0. The number of hydrogen-bond acceptors (Lipinski definition) is 4. The molecule has 2 unspecified atom stereocenters. The minimum Gasteiger partial charge on any atom is -0.464 e. The maximum absolute atomic E-state index is 12.5. The van der Waals surface area contributed by atoms with Crippen molar-refractivity contribution in [1.29, 1.82) is 0 Å². The largest absolute Gasteiger partial charge is 0.464 e. The summed E-state index contributed by atoms with van der Waals surface area (Å²) in [4.78, 5) is 11.9. The summed E-state index contributed by atoms with van der Waals surface area (Å²) >= 11 is 5.99. The van der Waals surface area contributed by atoms with Crippen molar-refractivity contribution >= 4 is 34.9 Å². The molecule has 0 fully saturated rings. The molecule has 2 atom stereocenters. The average molecular weight is 370 g/mol. The number of carbonyl (C=O) groups excluding carboxylic acids is 1. The van der Waals surface area contributed by atoms with Crippen LogP contribution in [0.4, 0.5) is 0 Å². The number of fused-ring (bicyclic) bond motifs is 1. The number of halogens is 1. The molecule has 0 bridgehead atoms. The first kappa shape index (κ1) is 18.8. The van der Waals surface area contributed by atoms with Gasteiger partial charge in [-0.25, -0.2) is 9.65 Å². The van der Waals surface area contributed by atoms with Crippen LogP contribution in [0.15, 0.2) is 42.5 Å². The first-order chi connectivity index (χ1) is 11.3. The molecule has 1 N–H and O–H groups in total. The number of hydrogen-bond donors (Lipinski definition) is 1. The molecule has 0 amide bonds. The van der Waals surface area contributed by atoms with Crippen molar-refractivity contribution in [3.8, 4) is 5.75 Å². The Bertz CT molecular complexity index is 760. The van der Waals surface area contributed by atoms with Crippen LogP contribution in [-0.4, -0.2) is 18.6 Å². The summed E-state index contributed by atoms with van der Waals surface area (Å²) < 4.78 is 23.1. The fraction of sp³-hybridized carbons (Fsp3) is 0.353. The highest BCUT2D eigenvalue weighted by Crippen LogP contribution is 2.50. The summed E-state index contributed by atoms with van der Waals surface area (Å²) in [5, 5.41) is 4.25. The second-order valence-electron chi connectivity index (χ2n) is 5.92. The van der Waals surface area contributed by atoms with Crippen LogP contribution in [0.3, 0.4) is 0 Å². The lowest BCUT2D eigenvalue weighted by Gasteiger charge is -2.19. The Morgan fingerprint density at radius 1 is 1.17 bits per heavy atom. The maximum atomic E-state index is 12.5. The van der Waals surface area contributed by atoms with Crippen LogP contribution in [0.5, 0.6) is 5.75 Å². The van der Waals surface area contributed by atoms with Gasteiger partial charge in [0.2, 0.25) is 0 Å². The molecule has 2 rings (SSSR count).